The van der Waals surface area contributed by atoms with Crippen molar-refractivity contribution < 1.29 is 29.0 Å². The topological polar surface area (TPSA) is 198 Å². The first kappa shape index (κ1) is 27.5. The number of aromatic nitrogens is 4. The standard InChI is InChI=1S/C23H33N9O6S/c1-11-18-17(12(2)27-16(33)9-31-10-26-28-29-31)22(35)32(18)19(23(36)37)20(11)39-14-5-15(25-7-14)21(34)30-3-4-38-13(6-24)8-30/h10-15,17-18,25H,3-9,24H2,1-2H3,(H,27,33)(H,36,37)/t11-,12?,13+,14+,15+,17-,18-/m1/s1. The van der Waals surface area contributed by atoms with Crippen LogP contribution in [0, 0.1) is 11.8 Å². The quantitative estimate of drug-likeness (QED) is 0.233. The highest BCUT2D eigenvalue weighted by atomic mass is 32.2. The zero-order valence-electron chi connectivity index (χ0n) is 21.7. The molecule has 0 bridgehead atoms. The van der Waals surface area contributed by atoms with Crippen molar-refractivity contribution in [2.24, 2.45) is 17.6 Å². The highest BCUT2D eigenvalue weighted by molar-refractivity contribution is 8.03. The molecule has 15 nitrogen and oxygen atoms in total. The number of tetrazole rings is 1. The van der Waals surface area contributed by atoms with Gasteiger partial charge in [0.15, 0.2) is 0 Å². The van der Waals surface area contributed by atoms with E-state index in [2.05, 4.69) is 26.2 Å². The summed E-state index contributed by atoms with van der Waals surface area (Å²) in [7, 11) is 0. The molecule has 39 heavy (non-hydrogen) atoms. The lowest BCUT2D eigenvalue weighted by Gasteiger charge is -2.47. The fraction of sp³-hybridized carbons (Fsp3) is 0.696. The number of nitrogens with two attached hydrogens (primary N) is 1. The summed E-state index contributed by atoms with van der Waals surface area (Å²) >= 11 is 1.43. The zero-order chi connectivity index (χ0) is 27.8. The van der Waals surface area contributed by atoms with Gasteiger partial charge in [-0.1, -0.05) is 6.92 Å². The Kier molecular flexibility index (Phi) is 7.89. The summed E-state index contributed by atoms with van der Waals surface area (Å²) in [6, 6.07) is -1.25. The van der Waals surface area contributed by atoms with E-state index in [0.29, 0.717) is 44.1 Å². The van der Waals surface area contributed by atoms with E-state index in [9.17, 15) is 24.3 Å². The minimum absolute atomic E-state index is 0.000269. The maximum Gasteiger partial charge on any atom is 0.353 e. The Morgan fingerprint density at radius 3 is 2.87 bits per heavy atom. The second-order valence-electron chi connectivity index (χ2n) is 10.3. The highest BCUT2D eigenvalue weighted by Gasteiger charge is 2.60. The van der Waals surface area contributed by atoms with Crippen molar-refractivity contribution in [2.45, 2.75) is 56.3 Å². The van der Waals surface area contributed by atoms with Gasteiger partial charge in [0.1, 0.15) is 18.6 Å². The third-order valence-corrected chi connectivity index (χ3v) is 9.32. The number of β-lactam (4-membered cyclic amide) rings is 1. The number of carbonyl (C=O) groups is 4. The van der Waals surface area contributed by atoms with E-state index in [0.717, 1.165) is 0 Å². The van der Waals surface area contributed by atoms with Crippen LogP contribution in [0.3, 0.4) is 0 Å². The Bertz CT molecular complexity index is 1160. The molecule has 3 amide bonds. The largest absolute Gasteiger partial charge is 0.477 e. The van der Waals surface area contributed by atoms with E-state index >= 15 is 0 Å². The number of hydrogen-bond acceptors (Lipinski definition) is 11. The van der Waals surface area contributed by atoms with Crippen molar-refractivity contribution >= 4 is 35.5 Å². The summed E-state index contributed by atoms with van der Waals surface area (Å²) < 4.78 is 6.84. The summed E-state index contributed by atoms with van der Waals surface area (Å²) in [5, 5.41) is 26.8. The highest BCUT2D eigenvalue weighted by Crippen LogP contribution is 2.51. The van der Waals surface area contributed by atoms with Crippen LogP contribution in [0.15, 0.2) is 16.9 Å². The lowest BCUT2D eigenvalue weighted by atomic mass is 9.78. The van der Waals surface area contributed by atoms with Gasteiger partial charge in [0.05, 0.1) is 30.7 Å². The van der Waals surface area contributed by atoms with Crippen molar-refractivity contribution in [1.82, 2.24) is 40.6 Å². The van der Waals surface area contributed by atoms with Crippen molar-refractivity contribution in [1.29, 1.82) is 0 Å². The van der Waals surface area contributed by atoms with Crippen LogP contribution in [-0.4, -0.2) is 121 Å². The lowest BCUT2D eigenvalue weighted by molar-refractivity contribution is -0.158. The van der Waals surface area contributed by atoms with Crippen LogP contribution < -0.4 is 16.4 Å². The molecule has 0 saturated carbocycles. The van der Waals surface area contributed by atoms with Crippen LogP contribution in [0.4, 0.5) is 0 Å². The molecule has 3 saturated heterocycles. The molecule has 0 radical (unpaired) electrons. The first-order valence-electron chi connectivity index (χ1n) is 13.0. The second kappa shape index (κ2) is 11.2. The zero-order valence-corrected chi connectivity index (χ0v) is 22.5. The SMILES string of the molecule is CC(NC(=O)Cn1cnnn1)[C@H]1C(=O)N2C(C(=O)O)=C(S[C@@H]3CN[C@H](C(=O)N4CCO[C@@H](CN)C4)C3)[C@H](C)[C@H]12. The second-order valence-corrected chi connectivity index (χ2v) is 11.7. The maximum atomic E-state index is 13.1. The average molecular weight is 564 g/mol. The number of carbonyl (C=O) groups excluding carboxylic acids is 3. The normalized spacial score (nSPS) is 31.2. The summed E-state index contributed by atoms with van der Waals surface area (Å²) in [6.07, 6.45) is 1.70. The summed E-state index contributed by atoms with van der Waals surface area (Å²) in [4.78, 5) is 54.7. The van der Waals surface area contributed by atoms with E-state index in [1.807, 2.05) is 6.92 Å². The summed E-state index contributed by atoms with van der Waals surface area (Å²) in [6.45, 7) is 5.89. The molecule has 0 spiro atoms. The number of amides is 3. The monoisotopic (exact) mass is 563 g/mol. The smallest absolute Gasteiger partial charge is 0.353 e. The van der Waals surface area contributed by atoms with Gasteiger partial charge in [-0.15, -0.1) is 16.9 Å². The molecule has 1 aromatic heterocycles. The lowest BCUT2D eigenvalue weighted by Crippen LogP contribution is -2.66. The minimum atomic E-state index is -1.16. The van der Waals surface area contributed by atoms with Crippen molar-refractivity contribution in [3.8, 4) is 0 Å². The number of nitrogens with zero attached hydrogens (tertiary/aromatic N) is 6. The third kappa shape index (κ3) is 5.25. The number of ether oxygens (including phenoxy) is 1. The molecule has 0 aliphatic carbocycles. The van der Waals surface area contributed by atoms with E-state index in [4.69, 9.17) is 10.5 Å². The van der Waals surface area contributed by atoms with Gasteiger partial charge in [-0.3, -0.25) is 14.4 Å². The minimum Gasteiger partial charge on any atom is -0.477 e. The summed E-state index contributed by atoms with van der Waals surface area (Å²) in [5.41, 5.74) is 5.71. The van der Waals surface area contributed by atoms with Gasteiger partial charge in [0, 0.05) is 48.3 Å². The molecule has 4 aliphatic rings. The van der Waals surface area contributed by atoms with E-state index in [1.165, 1.54) is 27.7 Å². The number of nitrogens with one attached hydrogen (secondary N) is 2. The van der Waals surface area contributed by atoms with Crippen LogP contribution in [0.2, 0.25) is 0 Å². The molecule has 7 atom stereocenters. The Hall–Kier alpha value is -3.08. The molecule has 5 rings (SSSR count). The Morgan fingerprint density at radius 1 is 1.38 bits per heavy atom. The fourth-order valence-corrected chi connectivity index (χ4v) is 7.41. The molecule has 1 unspecified atom stereocenters. The molecule has 4 aliphatic heterocycles. The van der Waals surface area contributed by atoms with Crippen LogP contribution in [-0.2, 0) is 30.5 Å². The number of fused-ring (bicyclic) bond motifs is 1. The van der Waals surface area contributed by atoms with Gasteiger partial charge >= 0.3 is 5.97 Å². The molecule has 0 aromatic carbocycles. The molecular weight excluding hydrogens is 530 g/mol. The van der Waals surface area contributed by atoms with Gasteiger partial charge in [-0.05, 0) is 23.8 Å². The molecule has 1 aromatic rings. The number of thioether (sulfide) groups is 1. The van der Waals surface area contributed by atoms with Crippen LogP contribution >= 0.6 is 11.8 Å². The van der Waals surface area contributed by atoms with Gasteiger partial charge in [0.25, 0.3) is 0 Å². The summed E-state index contributed by atoms with van der Waals surface area (Å²) in [5.74, 6) is -2.63. The van der Waals surface area contributed by atoms with Gasteiger partial charge in [-0.25, -0.2) is 9.48 Å². The Morgan fingerprint density at radius 2 is 2.18 bits per heavy atom. The number of carboxylic acid groups (broad SMARTS) is 1. The first-order chi connectivity index (χ1) is 18.7. The third-order valence-electron chi connectivity index (χ3n) is 7.81. The van der Waals surface area contributed by atoms with Gasteiger partial charge in [0.2, 0.25) is 17.7 Å². The Labute approximate surface area is 228 Å². The van der Waals surface area contributed by atoms with Crippen molar-refractivity contribution in [2.75, 3.05) is 32.8 Å². The predicted molar refractivity (Wildman–Crippen MR) is 137 cm³/mol. The van der Waals surface area contributed by atoms with Crippen LogP contribution in [0.1, 0.15) is 20.3 Å². The average Bonchev–Trinajstić information content (AvgIpc) is 3.64. The maximum absolute atomic E-state index is 13.1. The fourth-order valence-electron chi connectivity index (χ4n) is 5.93. The van der Waals surface area contributed by atoms with E-state index in [-0.39, 0.29) is 59.3 Å². The number of carboxylic acids is 1. The molecule has 3 fully saturated rings. The molecular formula is C23H33N9O6S. The predicted octanol–water partition coefficient (Wildman–Crippen LogP) is -2.40. The molecule has 5 heterocycles. The molecule has 212 valence electrons. The van der Waals surface area contributed by atoms with Crippen molar-refractivity contribution in [3.63, 3.8) is 0 Å². The number of aliphatic carboxylic acids is 1. The molecule has 5 N–H and O–H groups in total. The number of hydrogen-bond donors (Lipinski definition) is 4. The van der Waals surface area contributed by atoms with Crippen molar-refractivity contribution in [3.05, 3.63) is 16.9 Å². The van der Waals surface area contributed by atoms with Gasteiger partial charge < -0.3 is 36.0 Å². The van der Waals surface area contributed by atoms with Gasteiger partial charge in [-0.2, -0.15) is 0 Å². The van der Waals surface area contributed by atoms with E-state index in [1.54, 1.807) is 11.8 Å². The molecule has 16 heteroatoms. The van der Waals surface area contributed by atoms with E-state index < -0.39 is 17.9 Å². The Balaban J connectivity index is 1.22. The van der Waals surface area contributed by atoms with Crippen LogP contribution in [0.5, 0.6) is 0 Å². The number of rotatable bonds is 9. The number of morpholine rings is 1. The first-order valence-corrected chi connectivity index (χ1v) is 13.9. The van der Waals surface area contributed by atoms with Crippen LogP contribution in [0.25, 0.3) is 0 Å².